The van der Waals surface area contributed by atoms with Crippen molar-refractivity contribution in [2.75, 3.05) is 21.3 Å². The second-order valence-electron chi connectivity index (χ2n) is 4.78. The maximum Gasteiger partial charge on any atom is 0.246 e. The number of methoxy groups -OCH3 is 2. The number of likely N-dealkylation sites (tertiary alicyclic amines) is 1. The molecular weight excluding hydrogens is 276 g/mol. The van der Waals surface area contributed by atoms with Gasteiger partial charge in [0.25, 0.3) is 0 Å². The van der Waals surface area contributed by atoms with E-state index >= 15 is 0 Å². The lowest BCUT2D eigenvalue weighted by Crippen LogP contribution is -2.36. The maximum absolute atomic E-state index is 11.8. The van der Waals surface area contributed by atoms with Crippen LogP contribution in [0, 0.1) is 0 Å². The number of hydrogen-bond acceptors (Lipinski definition) is 6. The number of carbonyl (C=O) groups is 2. The van der Waals surface area contributed by atoms with Crippen LogP contribution < -0.4 is 14.8 Å². The van der Waals surface area contributed by atoms with Gasteiger partial charge in [0.15, 0.2) is 11.5 Å². The van der Waals surface area contributed by atoms with E-state index in [4.69, 9.17) is 9.47 Å². The summed E-state index contributed by atoms with van der Waals surface area (Å²) in [6.07, 6.45) is 0.154. The average Bonchev–Trinajstić information content (AvgIpc) is 2.73. The number of nitrogens with one attached hydrogen (secondary N) is 1. The van der Waals surface area contributed by atoms with E-state index in [1.54, 1.807) is 12.1 Å². The van der Waals surface area contributed by atoms with E-state index in [9.17, 15) is 14.7 Å². The number of hydrogen-bond donors (Lipinski definition) is 2. The molecule has 21 heavy (non-hydrogen) atoms. The summed E-state index contributed by atoms with van der Waals surface area (Å²) in [5.41, 5.74) is 0.774. The molecule has 1 heterocycles. The molecule has 0 bridgehead atoms. The van der Waals surface area contributed by atoms with Crippen molar-refractivity contribution in [1.29, 1.82) is 0 Å². The number of ether oxygens (including phenoxy) is 2. The second kappa shape index (κ2) is 6.01. The molecule has 114 valence electrons. The summed E-state index contributed by atoms with van der Waals surface area (Å²) < 4.78 is 10.1. The minimum atomic E-state index is -0.520. The molecule has 1 saturated heterocycles. The minimum absolute atomic E-state index is 0.0735. The molecule has 1 fully saturated rings. The van der Waals surface area contributed by atoms with Crippen LogP contribution >= 0.6 is 0 Å². The van der Waals surface area contributed by atoms with Gasteiger partial charge in [0, 0.05) is 13.6 Å². The third-order valence-corrected chi connectivity index (χ3v) is 3.47. The van der Waals surface area contributed by atoms with Gasteiger partial charge >= 0.3 is 0 Å². The van der Waals surface area contributed by atoms with Gasteiger partial charge in [-0.1, -0.05) is 0 Å². The topological polar surface area (TPSA) is 88.1 Å². The largest absolute Gasteiger partial charge is 0.502 e. The molecule has 2 N–H and O–H groups in total. The molecule has 1 aliphatic rings. The standard InChI is InChI=1S/C14H18N2O5/c1-16-12(17)6-9(14(16)19)15-7-8-4-10(20-2)13(18)11(5-8)21-3/h4-5,9,15,18H,6-7H2,1-3H3. The highest BCUT2D eigenvalue weighted by molar-refractivity contribution is 6.05. The van der Waals surface area contributed by atoms with Gasteiger partial charge < -0.3 is 19.9 Å². The molecule has 0 radical (unpaired) electrons. The zero-order chi connectivity index (χ0) is 15.6. The number of carbonyl (C=O) groups excluding carboxylic acids is 2. The zero-order valence-electron chi connectivity index (χ0n) is 12.2. The van der Waals surface area contributed by atoms with Crippen molar-refractivity contribution in [1.82, 2.24) is 10.2 Å². The Morgan fingerprint density at radius 3 is 2.29 bits per heavy atom. The predicted molar refractivity (Wildman–Crippen MR) is 74.2 cm³/mol. The molecule has 1 unspecified atom stereocenters. The van der Waals surface area contributed by atoms with E-state index in [0.717, 1.165) is 10.5 Å². The lowest BCUT2D eigenvalue weighted by molar-refractivity contribution is -0.137. The van der Waals surface area contributed by atoms with E-state index in [1.807, 2.05) is 0 Å². The number of likely N-dealkylation sites (N-methyl/N-ethyl adjacent to an activating group) is 1. The number of phenols is 1. The highest BCUT2D eigenvalue weighted by Gasteiger charge is 2.35. The van der Waals surface area contributed by atoms with Crippen molar-refractivity contribution in [2.45, 2.75) is 19.0 Å². The lowest BCUT2D eigenvalue weighted by atomic mass is 10.1. The first-order chi connectivity index (χ1) is 9.97. The molecule has 0 aromatic heterocycles. The molecule has 1 atom stereocenters. The molecule has 7 heteroatoms. The van der Waals surface area contributed by atoms with Gasteiger partial charge in [0.1, 0.15) is 0 Å². The number of phenolic OH excluding ortho intramolecular Hbond substituents is 1. The average molecular weight is 294 g/mol. The van der Waals surface area contributed by atoms with Gasteiger partial charge in [0.2, 0.25) is 17.6 Å². The smallest absolute Gasteiger partial charge is 0.246 e. The van der Waals surface area contributed by atoms with Crippen molar-refractivity contribution in [3.05, 3.63) is 17.7 Å². The molecule has 0 spiro atoms. The molecule has 7 nitrogen and oxygen atoms in total. The van der Waals surface area contributed by atoms with E-state index in [1.165, 1.54) is 21.3 Å². The number of amides is 2. The molecule has 1 aromatic carbocycles. The first-order valence-corrected chi connectivity index (χ1v) is 6.45. The third-order valence-electron chi connectivity index (χ3n) is 3.47. The first kappa shape index (κ1) is 15.1. The Kier molecular flexibility index (Phi) is 4.32. The number of imide groups is 1. The van der Waals surface area contributed by atoms with Gasteiger partial charge in [-0.15, -0.1) is 0 Å². The van der Waals surface area contributed by atoms with Crippen LogP contribution in [0.25, 0.3) is 0 Å². The van der Waals surface area contributed by atoms with Gasteiger partial charge in [0.05, 0.1) is 26.7 Å². The highest BCUT2D eigenvalue weighted by Crippen LogP contribution is 2.37. The SMILES string of the molecule is COc1cc(CNC2CC(=O)N(C)C2=O)cc(OC)c1O. The third kappa shape index (κ3) is 2.92. The minimum Gasteiger partial charge on any atom is -0.502 e. The first-order valence-electron chi connectivity index (χ1n) is 6.45. The van der Waals surface area contributed by atoms with Crippen molar-refractivity contribution in [3.63, 3.8) is 0 Å². The van der Waals surface area contributed by atoms with Crippen molar-refractivity contribution >= 4 is 11.8 Å². The Labute approximate surface area is 122 Å². The summed E-state index contributed by atoms with van der Waals surface area (Å²) in [5, 5.41) is 12.9. The zero-order valence-corrected chi connectivity index (χ0v) is 12.2. The summed E-state index contributed by atoms with van der Waals surface area (Å²) in [6.45, 7) is 0.352. The Morgan fingerprint density at radius 1 is 1.29 bits per heavy atom. The summed E-state index contributed by atoms with van der Waals surface area (Å²) in [7, 11) is 4.36. The summed E-state index contributed by atoms with van der Waals surface area (Å²) in [5.74, 6) is 0.0702. The predicted octanol–water partition coefficient (Wildman–Crippen LogP) is 0.256. The fourth-order valence-electron chi connectivity index (χ4n) is 2.21. The summed E-state index contributed by atoms with van der Waals surface area (Å²) >= 11 is 0. The lowest BCUT2D eigenvalue weighted by Gasteiger charge is -2.14. The highest BCUT2D eigenvalue weighted by atomic mass is 16.5. The van der Waals surface area contributed by atoms with Crippen LogP contribution in [0.4, 0.5) is 0 Å². The van der Waals surface area contributed by atoms with Crippen LogP contribution in [0.15, 0.2) is 12.1 Å². The number of aromatic hydroxyl groups is 1. The number of rotatable bonds is 5. The Balaban J connectivity index is 2.10. The molecule has 1 aromatic rings. The molecule has 0 aliphatic carbocycles. The van der Waals surface area contributed by atoms with Gasteiger partial charge in [-0.05, 0) is 17.7 Å². The van der Waals surface area contributed by atoms with E-state index in [0.29, 0.717) is 6.54 Å². The second-order valence-corrected chi connectivity index (χ2v) is 4.78. The van der Waals surface area contributed by atoms with Crippen LogP contribution in [-0.2, 0) is 16.1 Å². The van der Waals surface area contributed by atoms with Gasteiger partial charge in [-0.25, -0.2) is 0 Å². The van der Waals surface area contributed by atoms with E-state index < -0.39 is 6.04 Å². The normalized spacial score (nSPS) is 18.2. The molecule has 1 aliphatic heterocycles. The molecular formula is C14H18N2O5. The molecule has 0 saturated carbocycles. The summed E-state index contributed by atoms with van der Waals surface area (Å²) in [6, 6.07) is 2.78. The molecule has 2 rings (SSSR count). The molecule has 2 amide bonds. The van der Waals surface area contributed by atoms with Crippen molar-refractivity contribution in [2.24, 2.45) is 0 Å². The van der Waals surface area contributed by atoms with Crippen LogP contribution in [-0.4, -0.2) is 49.1 Å². The summed E-state index contributed by atoms with van der Waals surface area (Å²) in [4.78, 5) is 24.4. The van der Waals surface area contributed by atoms with Crippen molar-refractivity contribution in [3.8, 4) is 17.2 Å². The maximum atomic E-state index is 11.8. The van der Waals surface area contributed by atoms with E-state index in [2.05, 4.69) is 5.32 Å². The number of nitrogens with zero attached hydrogens (tertiary/aromatic N) is 1. The van der Waals surface area contributed by atoms with Crippen LogP contribution in [0.3, 0.4) is 0 Å². The van der Waals surface area contributed by atoms with E-state index in [-0.39, 0.29) is 35.5 Å². The van der Waals surface area contributed by atoms with Crippen molar-refractivity contribution < 1.29 is 24.2 Å². The monoisotopic (exact) mass is 294 g/mol. The van der Waals surface area contributed by atoms with Gasteiger partial charge in [-0.3, -0.25) is 14.5 Å². The van der Waals surface area contributed by atoms with Crippen LogP contribution in [0.2, 0.25) is 0 Å². The van der Waals surface area contributed by atoms with Gasteiger partial charge in [-0.2, -0.15) is 0 Å². The Morgan fingerprint density at radius 2 is 1.86 bits per heavy atom. The Hall–Kier alpha value is -2.28. The number of benzene rings is 1. The fourth-order valence-corrected chi connectivity index (χ4v) is 2.21. The van der Waals surface area contributed by atoms with Crippen LogP contribution in [0.1, 0.15) is 12.0 Å². The fraction of sp³-hybridized carbons (Fsp3) is 0.429. The Bertz CT molecular complexity index is 547. The quantitative estimate of drug-likeness (QED) is 0.757. The van der Waals surface area contributed by atoms with Crippen LogP contribution in [0.5, 0.6) is 17.2 Å².